The van der Waals surface area contributed by atoms with Gasteiger partial charge in [0.2, 0.25) is 0 Å². The van der Waals surface area contributed by atoms with Crippen LogP contribution in [0.15, 0.2) is 23.4 Å². The zero-order valence-electron chi connectivity index (χ0n) is 11.3. The summed E-state index contributed by atoms with van der Waals surface area (Å²) in [6.45, 7) is 4.68. The summed E-state index contributed by atoms with van der Waals surface area (Å²) in [6.07, 6.45) is 0. The van der Waals surface area contributed by atoms with E-state index < -0.39 is 0 Å². The number of rotatable bonds is 7. The van der Waals surface area contributed by atoms with Gasteiger partial charge in [0.15, 0.2) is 5.84 Å². The first-order valence-electron chi connectivity index (χ1n) is 6.10. The van der Waals surface area contributed by atoms with Crippen LogP contribution in [0.5, 0.6) is 0 Å². The van der Waals surface area contributed by atoms with Crippen LogP contribution in [0.2, 0.25) is 0 Å². The zero-order valence-corrected chi connectivity index (χ0v) is 11.3. The number of oxime groups is 1. The van der Waals surface area contributed by atoms with Gasteiger partial charge in [0.25, 0.3) is 0 Å². The van der Waals surface area contributed by atoms with Gasteiger partial charge in [-0.1, -0.05) is 24.2 Å². The summed E-state index contributed by atoms with van der Waals surface area (Å²) in [6, 6.07) is 4.56. The Bertz CT molecular complexity index is 438. The van der Waals surface area contributed by atoms with Crippen LogP contribution in [0.25, 0.3) is 0 Å². The molecule has 0 unspecified atom stereocenters. The summed E-state index contributed by atoms with van der Waals surface area (Å²) in [5.41, 5.74) is 6.35. The number of hydrogen-bond acceptors (Lipinski definition) is 4. The molecule has 0 radical (unpaired) electrons. The molecule has 5 nitrogen and oxygen atoms in total. The largest absolute Gasteiger partial charge is 0.409 e. The smallest absolute Gasteiger partial charge is 0.170 e. The molecule has 0 aliphatic carbocycles. The van der Waals surface area contributed by atoms with Gasteiger partial charge in [-0.05, 0) is 12.6 Å². The lowest BCUT2D eigenvalue weighted by Gasteiger charge is -2.20. The number of hydrogen-bond donors (Lipinski definition) is 2. The van der Waals surface area contributed by atoms with Gasteiger partial charge >= 0.3 is 0 Å². The Balaban J connectivity index is 2.78. The van der Waals surface area contributed by atoms with E-state index in [0.29, 0.717) is 24.3 Å². The van der Waals surface area contributed by atoms with Crippen molar-refractivity contribution in [2.75, 3.05) is 26.8 Å². The highest BCUT2D eigenvalue weighted by atomic mass is 19.1. The van der Waals surface area contributed by atoms with E-state index in [1.807, 2.05) is 6.92 Å². The lowest BCUT2D eigenvalue weighted by Crippen LogP contribution is -2.27. The van der Waals surface area contributed by atoms with E-state index in [0.717, 1.165) is 13.1 Å². The van der Waals surface area contributed by atoms with Gasteiger partial charge in [0.1, 0.15) is 5.82 Å². The van der Waals surface area contributed by atoms with Crippen LogP contribution in [0, 0.1) is 5.82 Å². The van der Waals surface area contributed by atoms with Gasteiger partial charge in [-0.15, -0.1) is 0 Å². The first-order chi connectivity index (χ1) is 9.12. The number of likely N-dealkylation sites (N-methyl/N-ethyl adjacent to an activating group) is 1. The number of nitrogens with zero attached hydrogens (tertiary/aromatic N) is 2. The third-order valence-corrected chi connectivity index (χ3v) is 2.91. The van der Waals surface area contributed by atoms with E-state index in [4.69, 9.17) is 15.7 Å². The van der Waals surface area contributed by atoms with Crippen molar-refractivity contribution >= 4 is 5.84 Å². The summed E-state index contributed by atoms with van der Waals surface area (Å²) in [4.78, 5) is 2.07. The van der Waals surface area contributed by atoms with Crippen molar-refractivity contribution in [2.24, 2.45) is 10.9 Å². The summed E-state index contributed by atoms with van der Waals surface area (Å²) >= 11 is 0. The second-order valence-electron chi connectivity index (χ2n) is 4.15. The predicted octanol–water partition coefficient (Wildman–Crippen LogP) is 1.39. The third-order valence-electron chi connectivity index (χ3n) is 2.91. The maximum absolute atomic E-state index is 13.9. The van der Waals surface area contributed by atoms with E-state index in [2.05, 4.69) is 10.1 Å². The van der Waals surface area contributed by atoms with Crippen LogP contribution >= 0.6 is 0 Å². The van der Waals surface area contributed by atoms with E-state index in [1.165, 1.54) is 6.07 Å². The van der Waals surface area contributed by atoms with Crippen molar-refractivity contribution in [3.8, 4) is 0 Å². The third kappa shape index (κ3) is 4.50. The quantitative estimate of drug-likeness (QED) is 0.339. The average molecular weight is 269 g/mol. The molecule has 0 aliphatic heterocycles. The average Bonchev–Trinajstić information content (AvgIpc) is 2.44. The van der Waals surface area contributed by atoms with Crippen LogP contribution in [0.1, 0.15) is 18.1 Å². The second kappa shape index (κ2) is 7.70. The van der Waals surface area contributed by atoms with Gasteiger partial charge in [0.05, 0.1) is 6.61 Å². The standard InChI is InChI=1S/C13H20FN3O2/c1-3-17(6-7-19-2)9-11-5-4-10(8-12(11)14)13(15)16-18/h4-5,8,18H,3,6-7,9H2,1-2H3,(H2,15,16). The van der Waals surface area contributed by atoms with E-state index in [-0.39, 0.29) is 11.7 Å². The first kappa shape index (κ1) is 15.4. The zero-order chi connectivity index (χ0) is 14.3. The van der Waals surface area contributed by atoms with Crippen molar-refractivity contribution in [1.82, 2.24) is 4.90 Å². The summed E-state index contributed by atoms with van der Waals surface area (Å²) in [5.74, 6) is -0.461. The van der Waals surface area contributed by atoms with Crippen molar-refractivity contribution < 1.29 is 14.3 Å². The van der Waals surface area contributed by atoms with Crippen LogP contribution < -0.4 is 5.73 Å². The molecule has 1 aromatic carbocycles. The van der Waals surface area contributed by atoms with Crippen molar-refractivity contribution in [3.63, 3.8) is 0 Å². The molecule has 0 bridgehead atoms. The highest BCUT2D eigenvalue weighted by molar-refractivity contribution is 5.97. The Morgan fingerprint density at radius 1 is 1.53 bits per heavy atom. The van der Waals surface area contributed by atoms with Gasteiger partial charge < -0.3 is 15.7 Å². The minimum absolute atomic E-state index is 0.0998. The lowest BCUT2D eigenvalue weighted by atomic mass is 10.1. The Kier molecular flexibility index (Phi) is 6.24. The fraction of sp³-hybridized carbons (Fsp3) is 0.462. The number of amidine groups is 1. The maximum atomic E-state index is 13.9. The molecule has 0 amide bonds. The van der Waals surface area contributed by atoms with E-state index in [1.54, 1.807) is 19.2 Å². The highest BCUT2D eigenvalue weighted by Crippen LogP contribution is 2.13. The number of benzene rings is 1. The molecular weight excluding hydrogens is 249 g/mol. The molecular formula is C13H20FN3O2. The summed E-state index contributed by atoms with van der Waals surface area (Å²) in [7, 11) is 1.64. The molecule has 3 N–H and O–H groups in total. The van der Waals surface area contributed by atoms with Crippen molar-refractivity contribution in [1.29, 1.82) is 0 Å². The molecule has 6 heteroatoms. The molecule has 0 heterocycles. The molecule has 19 heavy (non-hydrogen) atoms. The fourth-order valence-corrected chi connectivity index (χ4v) is 1.70. The Labute approximate surface area is 112 Å². The molecule has 106 valence electrons. The fourth-order valence-electron chi connectivity index (χ4n) is 1.70. The van der Waals surface area contributed by atoms with Crippen LogP contribution in [-0.2, 0) is 11.3 Å². The van der Waals surface area contributed by atoms with Crippen LogP contribution in [0.4, 0.5) is 4.39 Å². The molecule has 0 saturated heterocycles. The van der Waals surface area contributed by atoms with Gasteiger partial charge in [0, 0.05) is 31.3 Å². The topological polar surface area (TPSA) is 71.1 Å². The summed E-state index contributed by atoms with van der Waals surface area (Å²) < 4.78 is 18.9. The van der Waals surface area contributed by atoms with Gasteiger partial charge in [-0.2, -0.15) is 0 Å². The van der Waals surface area contributed by atoms with Gasteiger partial charge in [-0.3, -0.25) is 4.90 Å². The number of ether oxygens (including phenoxy) is 1. The Morgan fingerprint density at radius 2 is 2.26 bits per heavy atom. The van der Waals surface area contributed by atoms with Crippen molar-refractivity contribution in [2.45, 2.75) is 13.5 Å². The molecule has 1 rings (SSSR count). The lowest BCUT2D eigenvalue weighted by molar-refractivity contribution is 0.147. The Hall–Kier alpha value is -1.66. The van der Waals surface area contributed by atoms with Crippen LogP contribution in [0.3, 0.4) is 0 Å². The first-order valence-corrected chi connectivity index (χ1v) is 6.10. The Morgan fingerprint density at radius 3 is 2.79 bits per heavy atom. The van der Waals surface area contributed by atoms with E-state index >= 15 is 0 Å². The number of methoxy groups -OCH3 is 1. The molecule has 0 saturated carbocycles. The SMILES string of the molecule is CCN(CCOC)Cc1ccc(C(N)=NO)cc1F. The van der Waals surface area contributed by atoms with Crippen molar-refractivity contribution in [3.05, 3.63) is 35.1 Å². The predicted molar refractivity (Wildman–Crippen MR) is 71.7 cm³/mol. The normalized spacial score (nSPS) is 12.1. The monoisotopic (exact) mass is 269 g/mol. The minimum Gasteiger partial charge on any atom is -0.409 e. The van der Waals surface area contributed by atoms with Gasteiger partial charge in [-0.25, -0.2) is 4.39 Å². The molecule has 0 fully saturated rings. The van der Waals surface area contributed by atoms with Crippen LogP contribution in [-0.4, -0.2) is 42.7 Å². The molecule has 0 atom stereocenters. The number of halogens is 1. The molecule has 0 aliphatic rings. The molecule has 1 aromatic rings. The second-order valence-corrected chi connectivity index (χ2v) is 4.15. The molecule has 0 aromatic heterocycles. The highest BCUT2D eigenvalue weighted by Gasteiger charge is 2.10. The maximum Gasteiger partial charge on any atom is 0.170 e. The van der Waals surface area contributed by atoms with E-state index in [9.17, 15) is 4.39 Å². The minimum atomic E-state index is -0.361. The molecule has 0 spiro atoms. The summed E-state index contributed by atoms with van der Waals surface area (Å²) in [5, 5.41) is 11.4. The number of nitrogens with two attached hydrogens (primary N) is 1.